The van der Waals surface area contributed by atoms with Crippen molar-refractivity contribution < 1.29 is 4.79 Å². The van der Waals surface area contributed by atoms with Crippen LogP contribution in [0.2, 0.25) is 0 Å². The number of benzene rings is 1. The number of hydrogen-bond acceptors (Lipinski definition) is 3. The number of rotatable bonds is 2. The van der Waals surface area contributed by atoms with E-state index in [1.807, 2.05) is 29.8 Å². The van der Waals surface area contributed by atoms with Gasteiger partial charge in [-0.25, -0.2) is 4.98 Å². The highest BCUT2D eigenvalue weighted by molar-refractivity contribution is 9.10. The average molecular weight is 337 g/mol. The number of nitrogens with zero attached hydrogens (tertiary/aromatic N) is 1. The highest BCUT2D eigenvalue weighted by Crippen LogP contribution is 2.29. The van der Waals surface area contributed by atoms with E-state index in [4.69, 9.17) is 0 Å². The van der Waals surface area contributed by atoms with Gasteiger partial charge in [-0.1, -0.05) is 12.1 Å². The summed E-state index contributed by atoms with van der Waals surface area (Å²) in [4.78, 5) is 17.9. The van der Waals surface area contributed by atoms with Crippen molar-refractivity contribution in [2.24, 2.45) is 5.92 Å². The standard InChI is InChI=1S/C14H13BrN2OS/c15-10-3-1-2-4-11(10)17-14(18)9-5-6-12-13(7-9)19-8-16-12/h1-4,8-9H,5-7H2,(H,17,18). The Bertz CT molecular complexity index is 611. The molecule has 1 atom stereocenters. The number of nitrogens with one attached hydrogen (secondary N) is 1. The van der Waals surface area contributed by atoms with Crippen LogP contribution in [0, 0.1) is 5.92 Å². The first kappa shape index (κ1) is 12.8. The minimum atomic E-state index is 0.0556. The van der Waals surface area contributed by atoms with Crippen LogP contribution in [-0.4, -0.2) is 10.9 Å². The van der Waals surface area contributed by atoms with E-state index in [9.17, 15) is 4.79 Å². The molecule has 1 aliphatic rings. The number of carbonyl (C=O) groups is 1. The molecule has 0 radical (unpaired) electrons. The zero-order chi connectivity index (χ0) is 13.2. The molecule has 0 fully saturated rings. The molecule has 3 nitrogen and oxygen atoms in total. The summed E-state index contributed by atoms with van der Waals surface area (Å²) in [7, 11) is 0. The number of thiazole rings is 1. The fourth-order valence-electron chi connectivity index (χ4n) is 2.32. The van der Waals surface area contributed by atoms with E-state index in [1.54, 1.807) is 11.3 Å². The van der Waals surface area contributed by atoms with Crippen LogP contribution in [-0.2, 0) is 17.6 Å². The topological polar surface area (TPSA) is 42.0 Å². The van der Waals surface area contributed by atoms with Crippen molar-refractivity contribution >= 4 is 38.9 Å². The van der Waals surface area contributed by atoms with Crippen LogP contribution < -0.4 is 5.32 Å². The van der Waals surface area contributed by atoms with Crippen molar-refractivity contribution in [3.63, 3.8) is 0 Å². The first-order valence-corrected chi connectivity index (χ1v) is 7.88. The molecule has 19 heavy (non-hydrogen) atoms. The predicted molar refractivity (Wildman–Crippen MR) is 80.4 cm³/mol. The van der Waals surface area contributed by atoms with Crippen LogP contribution >= 0.6 is 27.3 Å². The van der Waals surface area contributed by atoms with E-state index in [0.29, 0.717) is 0 Å². The quantitative estimate of drug-likeness (QED) is 0.909. The summed E-state index contributed by atoms with van der Waals surface area (Å²) in [6.07, 6.45) is 2.61. The molecule has 1 heterocycles. The number of halogens is 1. The molecule has 2 aromatic rings. The lowest BCUT2D eigenvalue weighted by molar-refractivity contribution is -0.120. The average Bonchev–Trinajstić information content (AvgIpc) is 2.88. The summed E-state index contributed by atoms with van der Waals surface area (Å²) in [5, 5.41) is 3.00. The van der Waals surface area contributed by atoms with Crippen molar-refractivity contribution in [3.05, 3.63) is 44.8 Å². The summed E-state index contributed by atoms with van der Waals surface area (Å²) in [6.45, 7) is 0. The summed E-state index contributed by atoms with van der Waals surface area (Å²) < 4.78 is 0.914. The fraction of sp³-hybridized carbons (Fsp3) is 0.286. The van der Waals surface area contributed by atoms with E-state index in [0.717, 1.165) is 29.4 Å². The Morgan fingerprint density at radius 1 is 1.42 bits per heavy atom. The first-order chi connectivity index (χ1) is 9.24. The molecule has 5 heteroatoms. The molecule has 1 aliphatic carbocycles. The predicted octanol–water partition coefficient (Wildman–Crippen LogP) is 3.65. The summed E-state index contributed by atoms with van der Waals surface area (Å²) >= 11 is 5.10. The largest absolute Gasteiger partial charge is 0.325 e. The van der Waals surface area contributed by atoms with Crippen molar-refractivity contribution in [2.75, 3.05) is 5.32 Å². The van der Waals surface area contributed by atoms with Gasteiger partial charge in [0.2, 0.25) is 5.91 Å². The van der Waals surface area contributed by atoms with Crippen LogP contribution in [0.3, 0.4) is 0 Å². The van der Waals surface area contributed by atoms with Crippen LogP contribution in [0.25, 0.3) is 0 Å². The first-order valence-electron chi connectivity index (χ1n) is 6.20. The molecule has 0 saturated carbocycles. The Labute approximate surface area is 124 Å². The number of hydrogen-bond donors (Lipinski definition) is 1. The smallest absolute Gasteiger partial charge is 0.227 e. The maximum absolute atomic E-state index is 12.3. The van der Waals surface area contributed by atoms with Crippen LogP contribution in [0.4, 0.5) is 5.69 Å². The maximum Gasteiger partial charge on any atom is 0.227 e. The second-order valence-corrected chi connectivity index (χ2v) is 6.42. The number of fused-ring (bicyclic) bond motifs is 1. The Kier molecular flexibility index (Phi) is 3.66. The molecule has 0 saturated heterocycles. The molecular weight excluding hydrogens is 324 g/mol. The lowest BCUT2D eigenvalue weighted by Crippen LogP contribution is -2.27. The van der Waals surface area contributed by atoms with E-state index in [1.165, 1.54) is 10.6 Å². The number of carbonyl (C=O) groups excluding carboxylic acids is 1. The van der Waals surface area contributed by atoms with Gasteiger partial charge < -0.3 is 5.32 Å². The van der Waals surface area contributed by atoms with Gasteiger partial charge in [-0.05, 0) is 47.3 Å². The van der Waals surface area contributed by atoms with Gasteiger partial charge in [0.1, 0.15) is 0 Å². The number of amides is 1. The summed E-state index contributed by atoms with van der Waals surface area (Å²) in [5.74, 6) is 0.158. The van der Waals surface area contributed by atoms with E-state index in [-0.39, 0.29) is 11.8 Å². The van der Waals surface area contributed by atoms with E-state index >= 15 is 0 Å². The van der Waals surface area contributed by atoms with Gasteiger partial charge >= 0.3 is 0 Å². The molecule has 1 N–H and O–H groups in total. The van der Waals surface area contributed by atoms with Crippen LogP contribution in [0.1, 0.15) is 17.0 Å². The van der Waals surface area contributed by atoms with Crippen molar-refractivity contribution in [2.45, 2.75) is 19.3 Å². The van der Waals surface area contributed by atoms with Crippen molar-refractivity contribution in [3.8, 4) is 0 Å². The minimum Gasteiger partial charge on any atom is -0.325 e. The van der Waals surface area contributed by atoms with Gasteiger partial charge in [-0.2, -0.15) is 0 Å². The lowest BCUT2D eigenvalue weighted by Gasteiger charge is -2.20. The summed E-state index contributed by atoms with van der Waals surface area (Å²) in [6, 6.07) is 7.69. The third-order valence-electron chi connectivity index (χ3n) is 3.39. The molecule has 98 valence electrons. The zero-order valence-electron chi connectivity index (χ0n) is 10.2. The molecule has 3 rings (SSSR count). The maximum atomic E-state index is 12.3. The number of aromatic nitrogens is 1. The molecule has 1 aromatic heterocycles. The third-order valence-corrected chi connectivity index (χ3v) is 4.98. The molecule has 0 bridgehead atoms. The molecule has 0 aliphatic heterocycles. The third kappa shape index (κ3) is 2.72. The molecule has 1 aromatic carbocycles. The molecular formula is C14H13BrN2OS. The Hall–Kier alpha value is -1.20. The van der Waals surface area contributed by atoms with Gasteiger partial charge in [-0.3, -0.25) is 4.79 Å². The SMILES string of the molecule is O=C(Nc1ccccc1Br)C1CCc2ncsc2C1. The molecule has 1 unspecified atom stereocenters. The highest BCUT2D eigenvalue weighted by Gasteiger charge is 2.26. The molecule has 1 amide bonds. The van der Waals surface area contributed by atoms with Crippen molar-refractivity contribution in [1.29, 1.82) is 0 Å². The highest BCUT2D eigenvalue weighted by atomic mass is 79.9. The Morgan fingerprint density at radius 3 is 3.11 bits per heavy atom. The minimum absolute atomic E-state index is 0.0556. The second-order valence-electron chi connectivity index (χ2n) is 4.63. The van der Waals surface area contributed by atoms with E-state index in [2.05, 4.69) is 26.2 Å². The number of anilines is 1. The number of aryl methyl sites for hydroxylation is 1. The van der Waals surface area contributed by atoms with Gasteiger partial charge in [0.15, 0.2) is 0 Å². The van der Waals surface area contributed by atoms with Gasteiger partial charge in [0, 0.05) is 15.3 Å². The van der Waals surface area contributed by atoms with Crippen LogP contribution in [0.5, 0.6) is 0 Å². The summed E-state index contributed by atoms with van der Waals surface area (Å²) in [5.41, 5.74) is 3.89. The van der Waals surface area contributed by atoms with Gasteiger partial charge in [0.05, 0.1) is 16.9 Å². The van der Waals surface area contributed by atoms with Gasteiger partial charge in [0.25, 0.3) is 0 Å². The monoisotopic (exact) mass is 336 g/mol. The Balaban J connectivity index is 1.71. The van der Waals surface area contributed by atoms with E-state index < -0.39 is 0 Å². The number of para-hydroxylation sites is 1. The molecule has 0 spiro atoms. The fourth-order valence-corrected chi connectivity index (χ4v) is 3.60. The van der Waals surface area contributed by atoms with Crippen LogP contribution in [0.15, 0.2) is 34.2 Å². The lowest BCUT2D eigenvalue weighted by atomic mass is 9.90. The normalized spacial score (nSPS) is 17.8. The van der Waals surface area contributed by atoms with Gasteiger partial charge in [-0.15, -0.1) is 11.3 Å². The zero-order valence-corrected chi connectivity index (χ0v) is 12.6. The second kappa shape index (κ2) is 5.43. The Morgan fingerprint density at radius 2 is 2.26 bits per heavy atom. The van der Waals surface area contributed by atoms with Crippen molar-refractivity contribution in [1.82, 2.24) is 4.98 Å².